The van der Waals surface area contributed by atoms with Gasteiger partial charge in [0.25, 0.3) is 5.91 Å². The molecule has 6 heteroatoms. The van der Waals surface area contributed by atoms with E-state index in [0.717, 1.165) is 17.7 Å². The number of carbonyl (C=O) groups is 2. The molecule has 1 aromatic carbocycles. The van der Waals surface area contributed by atoms with Crippen molar-refractivity contribution in [1.82, 2.24) is 5.06 Å². The monoisotopic (exact) mass is 331 g/mol. The first kappa shape index (κ1) is 15.4. The van der Waals surface area contributed by atoms with Crippen LogP contribution in [0.2, 0.25) is 0 Å². The quantitative estimate of drug-likeness (QED) is 0.777. The summed E-state index contributed by atoms with van der Waals surface area (Å²) in [7, 11) is 1.37. The van der Waals surface area contributed by atoms with Gasteiger partial charge in [0.05, 0.1) is 38.2 Å². The number of fused-ring (bicyclic) bond motifs is 3. The second-order valence-corrected chi connectivity index (χ2v) is 6.68. The molecule has 0 radical (unpaired) electrons. The third kappa shape index (κ3) is 2.36. The summed E-state index contributed by atoms with van der Waals surface area (Å²) in [5.74, 6) is -0.188. The zero-order chi connectivity index (χ0) is 16.7. The summed E-state index contributed by atoms with van der Waals surface area (Å²) >= 11 is 0. The molecule has 2 fully saturated rings. The molecule has 2 heterocycles. The lowest BCUT2D eigenvalue weighted by Gasteiger charge is -2.33. The van der Waals surface area contributed by atoms with Gasteiger partial charge in [-0.05, 0) is 18.9 Å². The minimum Gasteiger partial charge on any atom is -0.493 e. The number of para-hydroxylation sites is 1. The predicted octanol–water partition coefficient (Wildman–Crippen LogP) is 2.10. The Labute approximate surface area is 140 Å². The van der Waals surface area contributed by atoms with Crippen molar-refractivity contribution >= 4 is 11.9 Å². The van der Waals surface area contributed by atoms with Crippen molar-refractivity contribution in [2.24, 2.45) is 17.8 Å². The van der Waals surface area contributed by atoms with Gasteiger partial charge in [0.15, 0.2) is 0 Å². The molecular weight excluding hydrogens is 310 g/mol. The van der Waals surface area contributed by atoms with E-state index in [0.29, 0.717) is 26.1 Å². The summed E-state index contributed by atoms with van der Waals surface area (Å²) in [5, 5.41) is 1.50. The normalized spacial score (nSPS) is 31.1. The number of nitrogens with zero attached hydrogens (tertiary/aromatic N) is 1. The highest BCUT2D eigenvalue weighted by atomic mass is 16.7. The highest BCUT2D eigenvalue weighted by molar-refractivity contribution is 5.86. The first-order chi connectivity index (χ1) is 11.7. The van der Waals surface area contributed by atoms with Crippen LogP contribution in [0.3, 0.4) is 0 Å². The van der Waals surface area contributed by atoms with Crippen LogP contribution in [0.1, 0.15) is 30.9 Å². The maximum Gasteiger partial charge on any atom is 0.309 e. The molecule has 2 aliphatic heterocycles. The SMILES string of the molecule is COC(=O)[C@@H]1CCC[C@@H]1C(=O)N1OC[C@@H]2COc3ccccc3[C@@H]21. The van der Waals surface area contributed by atoms with Crippen LogP contribution in [-0.4, -0.2) is 37.3 Å². The van der Waals surface area contributed by atoms with Crippen LogP contribution < -0.4 is 4.74 Å². The van der Waals surface area contributed by atoms with Gasteiger partial charge in [0, 0.05) is 11.5 Å². The Balaban J connectivity index is 1.61. The largest absolute Gasteiger partial charge is 0.493 e. The molecular formula is C18H21NO5. The number of carbonyl (C=O) groups excluding carboxylic acids is 2. The van der Waals surface area contributed by atoms with Crippen molar-refractivity contribution in [3.05, 3.63) is 29.8 Å². The lowest BCUT2D eigenvalue weighted by atomic mass is 9.90. The van der Waals surface area contributed by atoms with Crippen LogP contribution in [0.4, 0.5) is 0 Å². The van der Waals surface area contributed by atoms with E-state index < -0.39 is 0 Å². The summed E-state index contributed by atoms with van der Waals surface area (Å²) in [6, 6.07) is 7.62. The number of methoxy groups -OCH3 is 1. The molecule has 6 nitrogen and oxygen atoms in total. The van der Waals surface area contributed by atoms with Gasteiger partial charge in [0.1, 0.15) is 5.75 Å². The van der Waals surface area contributed by atoms with Gasteiger partial charge >= 0.3 is 5.97 Å². The van der Waals surface area contributed by atoms with Crippen LogP contribution in [0.25, 0.3) is 0 Å². The average Bonchev–Trinajstić information content (AvgIpc) is 3.27. The van der Waals surface area contributed by atoms with Gasteiger partial charge in [-0.1, -0.05) is 24.6 Å². The van der Waals surface area contributed by atoms with Gasteiger partial charge < -0.3 is 9.47 Å². The predicted molar refractivity (Wildman–Crippen MR) is 83.8 cm³/mol. The molecule has 0 aromatic heterocycles. The maximum absolute atomic E-state index is 13.1. The van der Waals surface area contributed by atoms with E-state index in [1.165, 1.54) is 12.2 Å². The van der Waals surface area contributed by atoms with Crippen molar-refractivity contribution in [3.63, 3.8) is 0 Å². The van der Waals surface area contributed by atoms with Crippen molar-refractivity contribution in [3.8, 4) is 5.75 Å². The fourth-order valence-electron chi connectivity index (χ4n) is 4.16. The molecule has 1 amide bonds. The van der Waals surface area contributed by atoms with Crippen LogP contribution in [0, 0.1) is 17.8 Å². The zero-order valence-corrected chi connectivity index (χ0v) is 13.6. The van der Waals surface area contributed by atoms with Crippen LogP contribution >= 0.6 is 0 Å². The second-order valence-electron chi connectivity index (χ2n) is 6.68. The summed E-state index contributed by atoms with van der Waals surface area (Å²) < 4.78 is 10.6. The van der Waals surface area contributed by atoms with Gasteiger partial charge in [-0.2, -0.15) is 0 Å². The Morgan fingerprint density at radius 3 is 2.79 bits per heavy atom. The fraction of sp³-hybridized carbons (Fsp3) is 0.556. The first-order valence-electron chi connectivity index (χ1n) is 8.46. The molecule has 4 rings (SSSR count). The molecule has 0 N–H and O–H groups in total. The highest BCUT2D eigenvalue weighted by Crippen LogP contribution is 2.45. The number of ether oxygens (including phenoxy) is 2. The van der Waals surface area contributed by atoms with Gasteiger partial charge in [-0.3, -0.25) is 14.4 Å². The molecule has 1 aromatic rings. The lowest BCUT2D eigenvalue weighted by molar-refractivity contribution is -0.185. The Morgan fingerprint density at radius 2 is 1.96 bits per heavy atom. The van der Waals surface area contributed by atoms with E-state index in [1.807, 2.05) is 24.3 Å². The van der Waals surface area contributed by atoms with Gasteiger partial charge in [0.2, 0.25) is 0 Å². The number of hydroxylamine groups is 2. The maximum atomic E-state index is 13.1. The van der Waals surface area contributed by atoms with E-state index in [-0.39, 0.29) is 35.7 Å². The molecule has 0 unspecified atom stereocenters. The third-order valence-electron chi connectivity index (χ3n) is 5.37. The number of benzene rings is 1. The fourth-order valence-corrected chi connectivity index (χ4v) is 4.16. The Kier molecular flexibility index (Phi) is 3.92. The Hall–Kier alpha value is -2.08. The smallest absolute Gasteiger partial charge is 0.309 e. The van der Waals surface area contributed by atoms with Crippen LogP contribution in [0.5, 0.6) is 5.75 Å². The van der Waals surface area contributed by atoms with E-state index >= 15 is 0 Å². The molecule has 0 spiro atoms. The minimum absolute atomic E-state index is 0.105. The Morgan fingerprint density at radius 1 is 1.17 bits per heavy atom. The number of amides is 1. The van der Waals surface area contributed by atoms with Crippen LogP contribution in [-0.2, 0) is 19.2 Å². The van der Waals surface area contributed by atoms with E-state index in [9.17, 15) is 9.59 Å². The summed E-state index contributed by atoms with van der Waals surface area (Å²) in [5.41, 5.74) is 0.979. The summed E-state index contributed by atoms with van der Waals surface area (Å²) in [6.07, 6.45) is 2.26. The number of hydrogen-bond acceptors (Lipinski definition) is 5. The molecule has 1 saturated carbocycles. The van der Waals surface area contributed by atoms with E-state index in [2.05, 4.69) is 0 Å². The molecule has 1 saturated heterocycles. The number of esters is 1. The topological polar surface area (TPSA) is 65.1 Å². The molecule has 3 aliphatic rings. The lowest BCUT2D eigenvalue weighted by Crippen LogP contribution is -2.40. The van der Waals surface area contributed by atoms with Gasteiger partial charge in [-0.15, -0.1) is 0 Å². The van der Waals surface area contributed by atoms with Gasteiger partial charge in [-0.25, -0.2) is 5.06 Å². The Bertz CT molecular complexity index is 661. The second kappa shape index (κ2) is 6.09. The van der Waals surface area contributed by atoms with E-state index in [4.69, 9.17) is 14.3 Å². The standard InChI is InChI=1S/C18H21NO5/c1-22-18(21)13-7-4-6-12(13)17(20)19-16-11(10-24-19)9-23-15-8-3-2-5-14(15)16/h2-3,5,8,11-13,16H,4,6-7,9-10H2,1H3/t11-,12-,13+,16+/m0/s1. The molecule has 24 heavy (non-hydrogen) atoms. The van der Waals surface area contributed by atoms with Crippen molar-refractivity contribution in [2.75, 3.05) is 20.3 Å². The van der Waals surface area contributed by atoms with Crippen molar-refractivity contribution < 1.29 is 23.9 Å². The van der Waals surface area contributed by atoms with E-state index in [1.54, 1.807) is 0 Å². The third-order valence-corrected chi connectivity index (χ3v) is 5.37. The molecule has 1 aliphatic carbocycles. The molecule has 4 atom stereocenters. The first-order valence-corrected chi connectivity index (χ1v) is 8.46. The average molecular weight is 331 g/mol. The molecule has 0 bridgehead atoms. The highest BCUT2D eigenvalue weighted by Gasteiger charge is 2.48. The van der Waals surface area contributed by atoms with Crippen LogP contribution in [0.15, 0.2) is 24.3 Å². The van der Waals surface area contributed by atoms with Crippen molar-refractivity contribution in [2.45, 2.75) is 25.3 Å². The zero-order valence-electron chi connectivity index (χ0n) is 13.6. The summed E-state index contributed by atoms with van der Waals surface area (Å²) in [6.45, 7) is 0.997. The van der Waals surface area contributed by atoms with Crippen molar-refractivity contribution in [1.29, 1.82) is 0 Å². The number of rotatable bonds is 2. The molecule has 128 valence electrons. The number of hydrogen-bond donors (Lipinski definition) is 0. The minimum atomic E-state index is -0.361. The summed E-state index contributed by atoms with van der Waals surface area (Å²) in [4.78, 5) is 30.8.